The summed E-state index contributed by atoms with van der Waals surface area (Å²) in [6, 6.07) is 22.4. The molecule has 206 valence electrons. The zero-order valence-corrected chi connectivity index (χ0v) is 23.0. The van der Waals surface area contributed by atoms with Gasteiger partial charge in [-0.1, -0.05) is 73.0 Å². The van der Waals surface area contributed by atoms with Crippen molar-refractivity contribution in [3.05, 3.63) is 89.5 Å². The van der Waals surface area contributed by atoms with E-state index >= 15 is 0 Å². The van der Waals surface area contributed by atoms with Gasteiger partial charge in [0.15, 0.2) is 6.61 Å². The van der Waals surface area contributed by atoms with Gasteiger partial charge in [-0.05, 0) is 30.9 Å². The lowest BCUT2D eigenvalue weighted by Gasteiger charge is -2.32. The second-order valence-corrected chi connectivity index (χ2v) is 10.0. The molecule has 2 amide bonds. The normalized spacial score (nSPS) is 13.9. The van der Waals surface area contributed by atoms with Gasteiger partial charge in [-0.2, -0.15) is 0 Å². The molecule has 1 aliphatic rings. The number of hydrogen-bond donors (Lipinski definition) is 1. The molecule has 0 heterocycles. The standard InChI is InChI=1S/C32H38N2O5/c1-23-10-9-13-25(16-23)21-34(31(35)22-39-29-19-27(37-2)18-28(20-29)38-3)30(17-24-11-5-4-6-12-24)32(36)33-26-14-7-8-15-26/h4-6,9-13,16,18-20,26,30H,7-8,14-15,17,21-22H2,1-3H3,(H,33,36)/t30-/m1/s1. The molecule has 7 nitrogen and oxygen atoms in total. The summed E-state index contributed by atoms with van der Waals surface area (Å²) in [7, 11) is 3.12. The molecule has 7 heteroatoms. The zero-order valence-electron chi connectivity index (χ0n) is 23.0. The van der Waals surface area contributed by atoms with Crippen LogP contribution in [0.3, 0.4) is 0 Å². The largest absolute Gasteiger partial charge is 0.496 e. The molecule has 1 fully saturated rings. The van der Waals surface area contributed by atoms with Gasteiger partial charge < -0.3 is 24.4 Å². The van der Waals surface area contributed by atoms with Crippen LogP contribution in [0.4, 0.5) is 0 Å². The molecule has 3 aromatic carbocycles. The van der Waals surface area contributed by atoms with E-state index in [4.69, 9.17) is 14.2 Å². The van der Waals surface area contributed by atoms with E-state index in [9.17, 15) is 9.59 Å². The van der Waals surface area contributed by atoms with Gasteiger partial charge in [0.2, 0.25) is 5.91 Å². The highest BCUT2D eigenvalue weighted by Gasteiger charge is 2.32. The summed E-state index contributed by atoms with van der Waals surface area (Å²) in [5.41, 5.74) is 3.04. The van der Waals surface area contributed by atoms with E-state index in [1.807, 2.05) is 61.5 Å². The lowest BCUT2D eigenvalue weighted by Crippen LogP contribution is -2.53. The van der Waals surface area contributed by atoms with Crippen molar-refractivity contribution in [2.24, 2.45) is 0 Å². The average Bonchev–Trinajstić information content (AvgIpc) is 3.47. The molecule has 1 saturated carbocycles. The van der Waals surface area contributed by atoms with Crippen molar-refractivity contribution in [3.8, 4) is 17.2 Å². The van der Waals surface area contributed by atoms with Gasteiger partial charge in [-0.3, -0.25) is 9.59 Å². The molecule has 1 N–H and O–H groups in total. The molecule has 0 aromatic heterocycles. The number of hydrogen-bond acceptors (Lipinski definition) is 5. The minimum absolute atomic E-state index is 0.130. The molecule has 0 spiro atoms. The first-order valence-electron chi connectivity index (χ1n) is 13.5. The average molecular weight is 531 g/mol. The van der Waals surface area contributed by atoms with Crippen LogP contribution in [0.2, 0.25) is 0 Å². The van der Waals surface area contributed by atoms with E-state index in [0.717, 1.165) is 42.4 Å². The number of benzene rings is 3. The Hall–Kier alpha value is -4.00. The summed E-state index contributed by atoms with van der Waals surface area (Å²) in [4.78, 5) is 29.3. The molecular weight excluding hydrogens is 492 g/mol. The molecule has 0 unspecified atom stereocenters. The Morgan fingerprint density at radius 2 is 1.51 bits per heavy atom. The third kappa shape index (κ3) is 7.99. The minimum Gasteiger partial charge on any atom is -0.496 e. The summed E-state index contributed by atoms with van der Waals surface area (Å²) in [5.74, 6) is 1.17. The van der Waals surface area contributed by atoms with Crippen molar-refractivity contribution in [1.29, 1.82) is 0 Å². The van der Waals surface area contributed by atoms with Crippen LogP contribution in [0.5, 0.6) is 17.2 Å². The van der Waals surface area contributed by atoms with Crippen molar-refractivity contribution < 1.29 is 23.8 Å². The zero-order chi connectivity index (χ0) is 27.6. The number of aryl methyl sites for hydroxylation is 1. The van der Waals surface area contributed by atoms with Crippen molar-refractivity contribution in [1.82, 2.24) is 10.2 Å². The van der Waals surface area contributed by atoms with Gasteiger partial charge in [0.05, 0.1) is 14.2 Å². The number of carbonyl (C=O) groups excluding carboxylic acids is 2. The highest BCUT2D eigenvalue weighted by Crippen LogP contribution is 2.28. The van der Waals surface area contributed by atoms with Gasteiger partial charge in [-0.25, -0.2) is 0 Å². The quantitative estimate of drug-likeness (QED) is 0.353. The molecule has 0 aliphatic heterocycles. The summed E-state index contributed by atoms with van der Waals surface area (Å²) < 4.78 is 16.6. The fraction of sp³-hybridized carbons (Fsp3) is 0.375. The van der Waals surface area contributed by atoms with E-state index in [1.54, 1.807) is 37.3 Å². The second kappa shape index (κ2) is 13.7. The van der Waals surface area contributed by atoms with Crippen LogP contribution in [0, 0.1) is 6.92 Å². The van der Waals surface area contributed by atoms with E-state index < -0.39 is 6.04 Å². The van der Waals surface area contributed by atoms with Gasteiger partial charge in [0.25, 0.3) is 5.91 Å². The fourth-order valence-electron chi connectivity index (χ4n) is 5.02. The monoisotopic (exact) mass is 530 g/mol. The van der Waals surface area contributed by atoms with E-state index in [-0.39, 0.29) is 24.5 Å². The summed E-state index contributed by atoms with van der Waals surface area (Å²) >= 11 is 0. The maximum Gasteiger partial charge on any atom is 0.261 e. The predicted molar refractivity (Wildman–Crippen MR) is 151 cm³/mol. The smallest absolute Gasteiger partial charge is 0.261 e. The number of ether oxygens (including phenoxy) is 3. The number of nitrogens with zero attached hydrogens (tertiary/aromatic N) is 1. The first kappa shape index (κ1) is 28.0. The maximum absolute atomic E-state index is 13.8. The Morgan fingerprint density at radius 3 is 2.15 bits per heavy atom. The van der Waals surface area contributed by atoms with Crippen LogP contribution in [0.1, 0.15) is 42.4 Å². The third-order valence-electron chi connectivity index (χ3n) is 7.10. The summed E-state index contributed by atoms with van der Waals surface area (Å²) in [5, 5.41) is 3.23. The molecule has 0 bridgehead atoms. The van der Waals surface area contributed by atoms with E-state index in [2.05, 4.69) is 5.32 Å². The molecule has 3 aromatic rings. The lowest BCUT2D eigenvalue weighted by molar-refractivity contribution is -0.143. The lowest BCUT2D eigenvalue weighted by atomic mass is 10.0. The topological polar surface area (TPSA) is 77.1 Å². The molecule has 0 radical (unpaired) electrons. The Labute approximate surface area is 231 Å². The van der Waals surface area contributed by atoms with Gasteiger partial charge >= 0.3 is 0 Å². The SMILES string of the molecule is COc1cc(OC)cc(OCC(=O)N(Cc2cccc(C)c2)[C@H](Cc2ccccc2)C(=O)NC2CCCC2)c1. The predicted octanol–water partition coefficient (Wildman–Crippen LogP) is 5.09. The molecule has 4 rings (SSSR count). The summed E-state index contributed by atoms with van der Waals surface area (Å²) in [6.07, 6.45) is 4.56. The van der Waals surface area contributed by atoms with E-state index in [0.29, 0.717) is 30.2 Å². The highest BCUT2D eigenvalue weighted by atomic mass is 16.5. The number of rotatable bonds is 12. The van der Waals surface area contributed by atoms with Crippen molar-refractivity contribution in [2.75, 3.05) is 20.8 Å². The van der Waals surface area contributed by atoms with Crippen LogP contribution in [0.25, 0.3) is 0 Å². The van der Waals surface area contributed by atoms with Gasteiger partial charge in [0, 0.05) is 37.2 Å². The van der Waals surface area contributed by atoms with Crippen LogP contribution < -0.4 is 19.5 Å². The molecule has 0 saturated heterocycles. The first-order chi connectivity index (χ1) is 18.9. The summed E-state index contributed by atoms with van der Waals surface area (Å²) in [6.45, 7) is 2.08. The number of carbonyl (C=O) groups is 2. The molecule has 39 heavy (non-hydrogen) atoms. The Bertz CT molecular complexity index is 1220. The highest BCUT2D eigenvalue weighted by molar-refractivity contribution is 5.88. The van der Waals surface area contributed by atoms with Gasteiger partial charge in [-0.15, -0.1) is 0 Å². The second-order valence-electron chi connectivity index (χ2n) is 10.0. The van der Waals surface area contributed by atoms with Crippen LogP contribution in [-0.4, -0.2) is 49.6 Å². The molecule has 1 atom stereocenters. The molecular formula is C32H38N2O5. The number of methoxy groups -OCH3 is 2. The van der Waals surface area contributed by atoms with Gasteiger partial charge in [0.1, 0.15) is 23.3 Å². The maximum atomic E-state index is 13.8. The first-order valence-corrected chi connectivity index (χ1v) is 13.5. The third-order valence-corrected chi connectivity index (χ3v) is 7.10. The fourth-order valence-corrected chi connectivity index (χ4v) is 5.02. The van der Waals surface area contributed by atoms with Crippen LogP contribution in [-0.2, 0) is 22.6 Å². The molecule has 1 aliphatic carbocycles. The van der Waals surface area contributed by atoms with Crippen molar-refractivity contribution >= 4 is 11.8 Å². The Morgan fingerprint density at radius 1 is 0.872 bits per heavy atom. The Balaban J connectivity index is 1.62. The van der Waals surface area contributed by atoms with E-state index in [1.165, 1.54) is 0 Å². The van der Waals surface area contributed by atoms with Crippen molar-refractivity contribution in [2.45, 2.75) is 57.7 Å². The van der Waals surface area contributed by atoms with Crippen molar-refractivity contribution in [3.63, 3.8) is 0 Å². The van der Waals surface area contributed by atoms with Crippen LogP contribution >= 0.6 is 0 Å². The van der Waals surface area contributed by atoms with Crippen LogP contribution in [0.15, 0.2) is 72.8 Å². The number of amides is 2. The Kier molecular flexibility index (Phi) is 9.84. The number of nitrogens with one attached hydrogen (secondary N) is 1. The minimum atomic E-state index is -0.690.